The van der Waals surface area contributed by atoms with E-state index in [1.807, 2.05) is 0 Å². The normalized spacial score (nSPS) is 10.7. The van der Waals surface area contributed by atoms with Crippen molar-refractivity contribution in [1.29, 1.82) is 0 Å². The van der Waals surface area contributed by atoms with Gasteiger partial charge in [-0.3, -0.25) is 10.1 Å². The molecule has 0 aliphatic heterocycles. The van der Waals surface area contributed by atoms with E-state index in [2.05, 4.69) is 5.10 Å². The summed E-state index contributed by atoms with van der Waals surface area (Å²) in [7, 11) is 0. The number of aromatic nitrogens is 2. The van der Waals surface area contributed by atoms with Crippen LogP contribution in [0.15, 0.2) is 18.2 Å². The molecular formula is C10H6Cl2FN3O2. The molecule has 18 heavy (non-hydrogen) atoms. The molecule has 1 aromatic heterocycles. The van der Waals surface area contributed by atoms with E-state index >= 15 is 0 Å². The van der Waals surface area contributed by atoms with Crippen LogP contribution < -0.4 is 0 Å². The van der Waals surface area contributed by atoms with Gasteiger partial charge in [0.25, 0.3) is 0 Å². The van der Waals surface area contributed by atoms with Gasteiger partial charge in [-0.1, -0.05) is 29.3 Å². The summed E-state index contributed by atoms with van der Waals surface area (Å²) in [5.41, 5.74) is -0.388. The van der Waals surface area contributed by atoms with Gasteiger partial charge in [-0.25, -0.2) is 9.07 Å². The fourth-order valence-corrected chi connectivity index (χ4v) is 2.11. The van der Waals surface area contributed by atoms with Crippen molar-refractivity contribution in [3.05, 3.63) is 50.0 Å². The summed E-state index contributed by atoms with van der Waals surface area (Å²) in [5.74, 6) is -0.665. The fraction of sp³-hybridized carbons (Fsp3) is 0.100. The van der Waals surface area contributed by atoms with Gasteiger partial charge in [0.05, 0.1) is 9.95 Å². The van der Waals surface area contributed by atoms with Gasteiger partial charge in [0, 0.05) is 0 Å². The Bertz CT molecular complexity index is 622. The summed E-state index contributed by atoms with van der Waals surface area (Å²) in [5, 5.41) is 14.4. The number of nitro groups is 1. The minimum Gasteiger partial charge on any atom is -0.258 e. The largest absolute Gasteiger partial charge is 0.329 e. The van der Waals surface area contributed by atoms with Gasteiger partial charge in [-0.05, 0) is 19.1 Å². The number of para-hydroxylation sites is 1. The van der Waals surface area contributed by atoms with E-state index in [4.69, 9.17) is 23.2 Å². The standard InChI is InChI=1S/C10H6Cl2FN3O2/c1-5-8(16(17)18)10(12)15(14-5)9-6(11)3-2-4-7(9)13/h2-4H,1H3. The maximum atomic E-state index is 13.7. The van der Waals surface area contributed by atoms with Crippen molar-refractivity contribution in [2.75, 3.05) is 0 Å². The lowest BCUT2D eigenvalue weighted by Gasteiger charge is -2.05. The molecule has 0 aliphatic rings. The van der Waals surface area contributed by atoms with Crippen molar-refractivity contribution in [3.63, 3.8) is 0 Å². The zero-order valence-corrected chi connectivity index (χ0v) is 10.5. The van der Waals surface area contributed by atoms with Crippen LogP contribution in [0, 0.1) is 22.9 Å². The average Bonchev–Trinajstić information content (AvgIpc) is 2.54. The summed E-state index contributed by atoms with van der Waals surface area (Å²) in [6.07, 6.45) is 0. The molecule has 0 radical (unpaired) electrons. The van der Waals surface area contributed by atoms with Gasteiger partial charge in [-0.15, -0.1) is 0 Å². The van der Waals surface area contributed by atoms with Crippen LogP contribution in [0.5, 0.6) is 0 Å². The van der Waals surface area contributed by atoms with E-state index in [0.29, 0.717) is 0 Å². The van der Waals surface area contributed by atoms with Gasteiger partial charge >= 0.3 is 5.69 Å². The second kappa shape index (κ2) is 4.55. The van der Waals surface area contributed by atoms with Gasteiger partial charge in [0.1, 0.15) is 17.2 Å². The number of hydrogen-bond acceptors (Lipinski definition) is 3. The Hall–Kier alpha value is -1.66. The number of nitrogens with zero attached hydrogens (tertiary/aromatic N) is 3. The SMILES string of the molecule is Cc1nn(-c2c(F)cccc2Cl)c(Cl)c1[N+](=O)[O-]. The molecule has 0 spiro atoms. The fourth-order valence-electron chi connectivity index (χ4n) is 1.54. The van der Waals surface area contributed by atoms with Gasteiger partial charge in [-0.2, -0.15) is 5.10 Å². The molecule has 0 saturated carbocycles. The second-order valence-corrected chi connectivity index (χ2v) is 4.23. The highest BCUT2D eigenvalue weighted by atomic mass is 35.5. The smallest absolute Gasteiger partial charge is 0.258 e. The zero-order valence-electron chi connectivity index (χ0n) is 9.02. The lowest BCUT2D eigenvalue weighted by atomic mass is 10.3. The Morgan fingerprint density at radius 1 is 1.44 bits per heavy atom. The monoisotopic (exact) mass is 289 g/mol. The van der Waals surface area contributed by atoms with E-state index < -0.39 is 10.7 Å². The molecule has 1 heterocycles. The van der Waals surface area contributed by atoms with Crippen molar-refractivity contribution >= 4 is 28.9 Å². The van der Waals surface area contributed by atoms with Gasteiger partial charge in [0.15, 0.2) is 0 Å². The van der Waals surface area contributed by atoms with Crippen molar-refractivity contribution < 1.29 is 9.31 Å². The van der Waals surface area contributed by atoms with Crippen LogP contribution in [-0.4, -0.2) is 14.7 Å². The van der Waals surface area contributed by atoms with Crippen molar-refractivity contribution in [2.24, 2.45) is 0 Å². The highest BCUT2D eigenvalue weighted by molar-refractivity contribution is 6.34. The lowest BCUT2D eigenvalue weighted by Crippen LogP contribution is -2.01. The van der Waals surface area contributed by atoms with E-state index in [1.165, 1.54) is 25.1 Å². The van der Waals surface area contributed by atoms with Crippen LogP contribution in [0.3, 0.4) is 0 Å². The van der Waals surface area contributed by atoms with Crippen LogP contribution in [0.4, 0.5) is 10.1 Å². The Kier molecular flexibility index (Phi) is 3.23. The predicted octanol–water partition coefficient (Wildman–Crippen LogP) is 3.53. The molecule has 0 saturated heterocycles. The molecule has 0 aliphatic carbocycles. The predicted molar refractivity (Wildman–Crippen MR) is 64.9 cm³/mol. The van der Waals surface area contributed by atoms with E-state index in [-0.39, 0.29) is 27.2 Å². The maximum Gasteiger partial charge on any atom is 0.329 e. The Labute approximate surface area is 111 Å². The molecule has 1 aromatic carbocycles. The van der Waals surface area contributed by atoms with Crippen molar-refractivity contribution in [3.8, 4) is 5.69 Å². The third kappa shape index (κ3) is 1.93. The maximum absolute atomic E-state index is 13.7. The molecule has 2 rings (SSSR count). The number of halogens is 3. The molecule has 0 unspecified atom stereocenters. The highest BCUT2D eigenvalue weighted by Gasteiger charge is 2.26. The van der Waals surface area contributed by atoms with Crippen LogP contribution in [0.2, 0.25) is 10.2 Å². The summed E-state index contributed by atoms with van der Waals surface area (Å²) >= 11 is 11.7. The van der Waals surface area contributed by atoms with E-state index in [0.717, 1.165) is 4.68 Å². The van der Waals surface area contributed by atoms with Crippen LogP contribution >= 0.6 is 23.2 Å². The molecule has 2 aromatic rings. The zero-order chi connectivity index (χ0) is 13.4. The Morgan fingerprint density at radius 3 is 2.61 bits per heavy atom. The first-order valence-electron chi connectivity index (χ1n) is 4.77. The summed E-state index contributed by atoms with van der Waals surface area (Å²) in [6, 6.07) is 4.03. The van der Waals surface area contributed by atoms with Crippen molar-refractivity contribution in [2.45, 2.75) is 6.92 Å². The number of rotatable bonds is 2. The third-order valence-corrected chi connectivity index (χ3v) is 2.95. The Morgan fingerprint density at radius 2 is 2.11 bits per heavy atom. The molecule has 5 nitrogen and oxygen atoms in total. The lowest BCUT2D eigenvalue weighted by molar-refractivity contribution is -0.385. The summed E-state index contributed by atoms with van der Waals surface area (Å²) in [6.45, 7) is 1.41. The molecule has 94 valence electrons. The van der Waals surface area contributed by atoms with Crippen LogP contribution in [-0.2, 0) is 0 Å². The first-order chi connectivity index (χ1) is 8.43. The highest BCUT2D eigenvalue weighted by Crippen LogP contribution is 2.33. The second-order valence-electron chi connectivity index (χ2n) is 3.46. The molecule has 0 amide bonds. The number of benzene rings is 1. The molecule has 8 heteroatoms. The molecular weight excluding hydrogens is 284 g/mol. The van der Waals surface area contributed by atoms with Crippen molar-refractivity contribution in [1.82, 2.24) is 9.78 Å². The molecule has 0 fully saturated rings. The van der Waals surface area contributed by atoms with Crippen LogP contribution in [0.25, 0.3) is 5.69 Å². The topological polar surface area (TPSA) is 61.0 Å². The van der Waals surface area contributed by atoms with Gasteiger partial charge in [0.2, 0.25) is 5.15 Å². The summed E-state index contributed by atoms with van der Waals surface area (Å²) < 4.78 is 14.6. The molecule has 0 N–H and O–H groups in total. The Balaban J connectivity index is 2.73. The third-order valence-electron chi connectivity index (χ3n) is 2.31. The molecule has 0 atom stereocenters. The van der Waals surface area contributed by atoms with Crippen LogP contribution in [0.1, 0.15) is 5.69 Å². The summed E-state index contributed by atoms with van der Waals surface area (Å²) in [4.78, 5) is 10.1. The first-order valence-corrected chi connectivity index (χ1v) is 5.53. The van der Waals surface area contributed by atoms with Gasteiger partial charge < -0.3 is 0 Å². The molecule has 0 bridgehead atoms. The first kappa shape index (κ1) is 12.8. The van der Waals surface area contributed by atoms with E-state index in [9.17, 15) is 14.5 Å². The number of hydrogen-bond donors (Lipinski definition) is 0. The quantitative estimate of drug-likeness (QED) is 0.627. The minimum absolute atomic E-state index is 0.0642. The minimum atomic E-state index is -0.671. The average molecular weight is 290 g/mol. The van der Waals surface area contributed by atoms with E-state index in [1.54, 1.807) is 0 Å². The number of aryl methyl sites for hydroxylation is 1.